The predicted octanol–water partition coefficient (Wildman–Crippen LogP) is 3.86. The summed E-state index contributed by atoms with van der Waals surface area (Å²) in [5, 5.41) is 0.0665. The van der Waals surface area contributed by atoms with Crippen molar-refractivity contribution in [3.63, 3.8) is 0 Å². The Labute approximate surface area is 104 Å². The molecule has 0 amide bonds. The van der Waals surface area contributed by atoms with Crippen molar-refractivity contribution >= 4 is 17.2 Å². The maximum Gasteiger partial charge on any atom is 0.417 e. The van der Waals surface area contributed by atoms with Crippen LogP contribution in [0.2, 0.25) is 0 Å². The van der Waals surface area contributed by atoms with Crippen LogP contribution in [0.3, 0.4) is 0 Å². The van der Waals surface area contributed by atoms with Gasteiger partial charge in [-0.25, -0.2) is 9.37 Å². The van der Waals surface area contributed by atoms with Crippen LogP contribution in [-0.2, 0) is 6.18 Å². The van der Waals surface area contributed by atoms with Gasteiger partial charge in [-0.05, 0) is 25.1 Å². The monoisotopic (exact) mass is 276 g/mol. The summed E-state index contributed by atoms with van der Waals surface area (Å²) in [7, 11) is 0. The number of hydrogen-bond donors (Lipinski definition) is 1. The first-order valence-corrected chi connectivity index (χ1v) is 5.70. The lowest BCUT2D eigenvalue weighted by Crippen LogP contribution is -2.07. The van der Waals surface area contributed by atoms with Crippen molar-refractivity contribution in [2.75, 3.05) is 5.73 Å². The van der Waals surface area contributed by atoms with Crippen LogP contribution >= 0.6 is 11.3 Å². The summed E-state index contributed by atoms with van der Waals surface area (Å²) in [6.07, 6.45) is -4.56. The molecule has 96 valence electrons. The Bertz CT molecular complexity index is 570. The van der Waals surface area contributed by atoms with Gasteiger partial charge in [0, 0.05) is 10.4 Å². The first kappa shape index (κ1) is 12.8. The van der Waals surface area contributed by atoms with Gasteiger partial charge in [0.1, 0.15) is 16.6 Å². The molecule has 0 fully saturated rings. The average molecular weight is 276 g/mol. The van der Waals surface area contributed by atoms with Crippen LogP contribution in [0.4, 0.5) is 23.4 Å². The molecular weight excluding hydrogens is 268 g/mol. The first-order chi connectivity index (χ1) is 8.29. The summed E-state index contributed by atoms with van der Waals surface area (Å²) in [6.45, 7) is 1.64. The summed E-state index contributed by atoms with van der Waals surface area (Å²) < 4.78 is 51.5. The van der Waals surface area contributed by atoms with Crippen molar-refractivity contribution in [1.82, 2.24) is 4.98 Å². The van der Waals surface area contributed by atoms with E-state index in [0.717, 1.165) is 23.5 Å². The van der Waals surface area contributed by atoms with Gasteiger partial charge in [0.2, 0.25) is 0 Å². The number of hydrogen-bond acceptors (Lipinski definition) is 3. The summed E-state index contributed by atoms with van der Waals surface area (Å²) in [5.41, 5.74) is 4.30. The number of aryl methyl sites for hydroxylation is 1. The van der Waals surface area contributed by atoms with Crippen molar-refractivity contribution in [3.05, 3.63) is 34.5 Å². The van der Waals surface area contributed by atoms with Crippen LogP contribution in [0.15, 0.2) is 18.2 Å². The molecule has 2 N–H and O–H groups in total. The summed E-state index contributed by atoms with van der Waals surface area (Å²) in [4.78, 5) is 4.42. The fraction of sp³-hybridized carbons (Fsp3) is 0.182. The summed E-state index contributed by atoms with van der Waals surface area (Å²) in [5.74, 6) is -0.586. The van der Waals surface area contributed by atoms with Crippen LogP contribution in [0.25, 0.3) is 10.6 Å². The van der Waals surface area contributed by atoms with Crippen molar-refractivity contribution in [1.29, 1.82) is 0 Å². The largest absolute Gasteiger partial charge is 0.417 e. The number of nitrogens with two attached hydrogens (primary N) is 1. The Morgan fingerprint density at radius 2 is 1.94 bits per heavy atom. The Morgan fingerprint density at radius 3 is 2.44 bits per heavy atom. The molecule has 0 bridgehead atoms. The van der Waals surface area contributed by atoms with E-state index in [-0.39, 0.29) is 16.4 Å². The maximum absolute atomic E-state index is 13.1. The third kappa shape index (κ3) is 2.31. The van der Waals surface area contributed by atoms with E-state index >= 15 is 0 Å². The zero-order valence-corrected chi connectivity index (χ0v) is 9.99. The van der Waals surface area contributed by atoms with E-state index < -0.39 is 17.6 Å². The van der Waals surface area contributed by atoms with Crippen LogP contribution in [-0.4, -0.2) is 4.98 Å². The molecular formula is C11H8F4N2S. The molecule has 0 saturated heterocycles. The zero-order chi connectivity index (χ0) is 13.5. The standard InChI is InChI=1S/C11H8F4N2S/c1-5-9(16)17-10(18-5)7-4-6(12)2-3-8(7)11(13,14)15/h2-4H,16H2,1H3. The number of thiazole rings is 1. The highest BCUT2D eigenvalue weighted by Crippen LogP contribution is 2.39. The van der Waals surface area contributed by atoms with E-state index in [1.165, 1.54) is 0 Å². The molecule has 2 nitrogen and oxygen atoms in total. The van der Waals surface area contributed by atoms with Gasteiger partial charge in [0.05, 0.1) is 5.56 Å². The molecule has 1 aromatic heterocycles. The van der Waals surface area contributed by atoms with Gasteiger partial charge < -0.3 is 5.73 Å². The normalized spacial score (nSPS) is 11.8. The number of benzene rings is 1. The molecule has 2 rings (SSSR count). The third-order valence-electron chi connectivity index (χ3n) is 2.35. The van der Waals surface area contributed by atoms with Crippen LogP contribution in [0.1, 0.15) is 10.4 Å². The van der Waals surface area contributed by atoms with E-state index in [4.69, 9.17) is 5.73 Å². The van der Waals surface area contributed by atoms with Gasteiger partial charge in [-0.1, -0.05) is 0 Å². The molecule has 0 radical (unpaired) electrons. The number of alkyl halides is 3. The third-order valence-corrected chi connectivity index (χ3v) is 3.37. The number of aromatic nitrogens is 1. The molecule has 0 aliphatic rings. The molecule has 1 heterocycles. The highest BCUT2D eigenvalue weighted by Gasteiger charge is 2.34. The Hall–Kier alpha value is -1.63. The highest BCUT2D eigenvalue weighted by molar-refractivity contribution is 7.15. The maximum atomic E-state index is 13.1. The number of anilines is 1. The average Bonchev–Trinajstić information content (AvgIpc) is 2.57. The zero-order valence-electron chi connectivity index (χ0n) is 9.18. The van der Waals surface area contributed by atoms with Gasteiger partial charge in [-0.2, -0.15) is 13.2 Å². The smallest absolute Gasteiger partial charge is 0.383 e. The van der Waals surface area contributed by atoms with E-state index in [0.29, 0.717) is 10.9 Å². The second-order valence-electron chi connectivity index (χ2n) is 3.65. The van der Waals surface area contributed by atoms with E-state index in [1.807, 2.05) is 0 Å². The number of nitrogen functional groups attached to an aromatic ring is 1. The minimum Gasteiger partial charge on any atom is -0.383 e. The Kier molecular flexibility index (Phi) is 3.02. The topological polar surface area (TPSA) is 38.9 Å². The van der Waals surface area contributed by atoms with Crippen molar-refractivity contribution < 1.29 is 17.6 Å². The number of halogens is 4. The minimum atomic E-state index is -4.56. The summed E-state index contributed by atoms with van der Waals surface area (Å²) in [6, 6.07) is 2.30. The van der Waals surface area contributed by atoms with Crippen molar-refractivity contribution in [2.24, 2.45) is 0 Å². The minimum absolute atomic E-state index is 0.0665. The molecule has 0 aliphatic heterocycles. The van der Waals surface area contributed by atoms with E-state index in [9.17, 15) is 17.6 Å². The lowest BCUT2D eigenvalue weighted by atomic mass is 10.1. The fourth-order valence-electron chi connectivity index (χ4n) is 1.46. The lowest BCUT2D eigenvalue weighted by molar-refractivity contribution is -0.137. The van der Waals surface area contributed by atoms with Gasteiger partial charge >= 0.3 is 6.18 Å². The summed E-state index contributed by atoms with van der Waals surface area (Å²) >= 11 is 1.00. The van der Waals surface area contributed by atoms with Crippen LogP contribution < -0.4 is 5.73 Å². The molecule has 0 spiro atoms. The molecule has 0 saturated carbocycles. The molecule has 1 aromatic carbocycles. The quantitative estimate of drug-likeness (QED) is 0.803. The van der Waals surface area contributed by atoms with Gasteiger partial charge in [-0.3, -0.25) is 0 Å². The highest BCUT2D eigenvalue weighted by atomic mass is 32.1. The van der Waals surface area contributed by atoms with Crippen LogP contribution in [0, 0.1) is 12.7 Å². The van der Waals surface area contributed by atoms with Crippen molar-refractivity contribution in [3.8, 4) is 10.6 Å². The first-order valence-electron chi connectivity index (χ1n) is 4.89. The molecule has 0 unspecified atom stereocenters. The van der Waals surface area contributed by atoms with Gasteiger partial charge in [0.15, 0.2) is 0 Å². The molecule has 0 aliphatic carbocycles. The second kappa shape index (κ2) is 4.24. The predicted molar refractivity (Wildman–Crippen MR) is 61.7 cm³/mol. The van der Waals surface area contributed by atoms with Gasteiger partial charge in [-0.15, -0.1) is 11.3 Å². The Morgan fingerprint density at radius 1 is 1.28 bits per heavy atom. The molecule has 7 heteroatoms. The molecule has 0 atom stereocenters. The lowest BCUT2D eigenvalue weighted by Gasteiger charge is -2.10. The number of rotatable bonds is 1. The second-order valence-corrected chi connectivity index (χ2v) is 4.85. The molecule has 18 heavy (non-hydrogen) atoms. The van der Waals surface area contributed by atoms with Crippen LogP contribution in [0.5, 0.6) is 0 Å². The van der Waals surface area contributed by atoms with E-state index in [1.54, 1.807) is 6.92 Å². The number of nitrogens with zero attached hydrogens (tertiary/aromatic N) is 1. The Balaban J connectivity index is 2.65. The van der Waals surface area contributed by atoms with Crippen molar-refractivity contribution in [2.45, 2.75) is 13.1 Å². The fourth-order valence-corrected chi connectivity index (χ4v) is 2.33. The SMILES string of the molecule is Cc1sc(-c2cc(F)ccc2C(F)(F)F)nc1N. The van der Waals surface area contributed by atoms with E-state index in [2.05, 4.69) is 4.98 Å². The van der Waals surface area contributed by atoms with Gasteiger partial charge in [0.25, 0.3) is 0 Å². The molecule has 2 aromatic rings.